The third-order valence-electron chi connectivity index (χ3n) is 5.35. The number of nitrogens with zero attached hydrogens (tertiary/aromatic N) is 2. The average Bonchev–Trinajstić information content (AvgIpc) is 3.30. The van der Waals surface area contributed by atoms with Crippen molar-refractivity contribution in [3.05, 3.63) is 47.5 Å². The van der Waals surface area contributed by atoms with Crippen molar-refractivity contribution in [2.75, 3.05) is 37.5 Å². The number of halogens is 2. The summed E-state index contributed by atoms with van der Waals surface area (Å²) in [6, 6.07) is 8.28. The highest BCUT2D eigenvalue weighted by Gasteiger charge is 2.20. The first-order chi connectivity index (χ1) is 16.0. The number of hydrogen-bond acceptors (Lipinski definition) is 7. The summed E-state index contributed by atoms with van der Waals surface area (Å²) in [5, 5.41) is 9.83. The molecule has 1 saturated heterocycles. The van der Waals surface area contributed by atoms with E-state index in [0.29, 0.717) is 47.8 Å². The molecule has 1 aromatic heterocycles. The number of methoxy groups -OCH3 is 1. The first-order valence-electron chi connectivity index (χ1n) is 10.7. The fourth-order valence-electron chi connectivity index (χ4n) is 3.72. The first kappa shape index (κ1) is 23.2. The zero-order valence-corrected chi connectivity index (χ0v) is 18.9. The van der Waals surface area contributed by atoms with Crippen LogP contribution in [0, 0.1) is 5.82 Å². The molecule has 4 rings (SSSR count). The molecule has 8 nitrogen and oxygen atoms in total. The fourth-order valence-corrected chi connectivity index (χ4v) is 3.89. The summed E-state index contributed by atoms with van der Waals surface area (Å²) in [5.74, 6) is 0.129. The topological polar surface area (TPSA) is 97.4 Å². The van der Waals surface area contributed by atoms with Gasteiger partial charge in [0.15, 0.2) is 5.82 Å². The Labute approximate surface area is 195 Å². The summed E-state index contributed by atoms with van der Waals surface area (Å²) in [7, 11) is 1.58. The number of anilines is 3. The number of carbonyl (C=O) groups excluding carboxylic acids is 1. The second kappa shape index (κ2) is 10.7. The van der Waals surface area contributed by atoms with E-state index in [1.807, 2.05) is 0 Å². The molecule has 1 aliphatic rings. The van der Waals surface area contributed by atoms with Crippen LogP contribution in [0.15, 0.2) is 36.7 Å². The van der Waals surface area contributed by atoms with E-state index in [0.717, 1.165) is 19.4 Å². The summed E-state index contributed by atoms with van der Waals surface area (Å²) in [5.41, 5.74) is 1.23. The van der Waals surface area contributed by atoms with E-state index in [-0.39, 0.29) is 22.7 Å². The zero-order chi connectivity index (χ0) is 23.2. The van der Waals surface area contributed by atoms with E-state index in [1.165, 1.54) is 12.4 Å². The Morgan fingerprint density at radius 3 is 2.94 bits per heavy atom. The third-order valence-corrected chi connectivity index (χ3v) is 5.65. The Morgan fingerprint density at radius 1 is 1.27 bits per heavy atom. The van der Waals surface area contributed by atoms with Gasteiger partial charge in [0.05, 0.1) is 28.5 Å². The standard InChI is InChI=1S/C23H25ClFN5O3/c1-32-8-9-33-20-12-18-15(11-19(20)29-21(31)10-14-4-3-7-26-14)23(28-13-27-18)30-17-6-2-5-16(24)22(17)25/h2,5-6,11-14,26H,3-4,7-10H2,1H3,(H,29,31)(H,27,28,30)/t14-/m0/s1. The van der Waals surface area contributed by atoms with Crippen molar-refractivity contribution in [1.82, 2.24) is 15.3 Å². The predicted molar refractivity (Wildman–Crippen MR) is 126 cm³/mol. The average molecular weight is 474 g/mol. The molecule has 0 spiro atoms. The molecular formula is C23H25ClFN5O3. The Bertz CT molecular complexity index is 1140. The van der Waals surface area contributed by atoms with Crippen LogP contribution in [0.3, 0.4) is 0 Å². The molecular weight excluding hydrogens is 449 g/mol. The van der Waals surface area contributed by atoms with Crippen LogP contribution in [0.4, 0.5) is 21.6 Å². The van der Waals surface area contributed by atoms with Crippen molar-refractivity contribution in [2.24, 2.45) is 0 Å². The maximum atomic E-state index is 14.4. The van der Waals surface area contributed by atoms with Crippen molar-refractivity contribution >= 4 is 45.6 Å². The molecule has 0 unspecified atom stereocenters. The second-order valence-electron chi connectivity index (χ2n) is 7.70. The monoisotopic (exact) mass is 473 g/mol. The van der Waals surface area contributed by atoms with Gasteiger partial charge in [-0.2, -0.15) is 0 Å². The van der Waals surface area contributed by atoms with Crippen molar-refractivity contribution in [1.29, 1.82) is 0 Å². The van der Waals surface area contributed by atoms with Crippen LogP contribution in [0.2, 0.25) is 5.02 Å². The fraction of sp³-hybridized carbons (Fsp3) is 0.348. The Hall–Kier alpha value is -3.01. The predicted octanol–water partition coefficient (Wildman–Crippen LogP) is 4.27. The summed E-state index contributed by atoms with van der Waals surface area (Å²) >= 11 is 5.90. The lowest BCUT2D eigenvalue weighted by Gasteiger charge is -2.16. The lowest BCUT2D eigenvalue weighted by molar-refractivity contribution is -0.116. The third kappa shape index (κ3) is 5.68. The van der Waals surface area contributed by atoms with Crippen LogP contribution < -0.4 is 20.7 Å². The Balaban J connectivity index is 1.66. The highest BCUT2D eigenvalue weighted by Crippen LogP contribution is 2.34. The summed E-state index contributed by atoms with van der Waals surface area (Å²) in [6.45, 7) is 1.62. The molecule has 1 atom stereocenters. The number of ether oxygens (including phenoxy) is 2. The lowest BCUT2D eigenvalue weighted by atomic mass is 10.1. The Kier molecular flexibility index (Phi) is 7.54. The van der Waals surface area contributed by atoms with Crippen LogP contribution >= 0.6 is 11.6 Å². The van der Waals surface area contributed by atoms with Crippen molar-refractivity contribution < 1.29 is 18.7 Å². The first-order valence-corrected chi connectivity index (χ1v) is 11.1. The minimum Gasteiger partial charge on any atom is -0.489 e. The molecule has 3 aromatic rings. The van der Waals surface area contributed by atoms with Gasteiger partial charge in [0, 0.05) is 31.0 Å². The van der Waals surface area contributed by atoms with E-state index in [9.17, 15) is 9.18 Å². The molecule has 0 bridgehead atoms. The molecule has 3 N–H and O–H groups in total. The maximum absolute atomic E-state index is 14.4. The van der Waals surface area contributed by atoms with Crippen molar-refractivity contribution in [3.8, 4) is 5.75 Å². The largest absolute Gasteiger partial charge is 0.489 e. The van der Waals surface area contributed by atoms with Gasteiger partial charge in [0.2, 0.25) is 5.91 Å². The van der Waals surface area contributed by atoms with E-state index in [4.69, 9.17) is 21.1 Å². The highest BCUT2D eigenvalue weighted by molar-refractivity contribution is 6.31. The van der Waals surface area contributed by atoms with Gasteiger partial charge in [-0.05, 0) is 37.6 Å². The number of fused-ring (bicyclic) bond motifs is 1. The van der Waals surface area contributed by atoms with E-state index in [2.05, 4.69) is 25.9 Å². The van der Waals surface area contributed by atoms with Gasteiger partial charge in [-0.25, -0.2) is 14.4 Å². The number of rotatable bonds is 9. The zero-order valence-electron chi connectivity index (χ0n) is 18.2. The summed E-state index contributed by atoms with van der Waals surface area (Å²) in [6.07, 6.45) is 3.76. The van der Waals surface area contributed by atoms with Gasteiger partial charge >= 0.3 is 0 Å². The molecule has 2 heterocycles. The molecule has 1 aliphatic heterocycles. The molecule has 1 amide bonds. The summed E-state index contributed by atoms with van der Waals surface area (Å²) in [4.78, 5) is 21.3. The smallest absolute Gasteiger partial charge is 0.226 e. The van der Waals surface area contributed by atoms with Crippen LogP contribution in [-0.4, -0.2) is 48.8 Å². The number of benzene rings is 2. The minimum atomic E-state index is -0.581. The van der Waals surface area contributed by atoms with E-state index in [1.54, 1.807) is 31.4 Å². The van der Waals surface area contributed by atoms with Gasteiger partial charge in [0.25, 0.3) is 0 Å². The van der Waals surface area contributed by atoms with Crippen LogP contribution in [0.25, 0.3) is 10.9 Å². The number of aromatic nitrogens is 2. The minimum absolute atomic E-state index is 0.000616. The molecule has 174 valence electrons. The number of amides is 1. The van der Waals surface area contributed by atoms with Crippen LogP contribution in [-0.2, 0) is 9.53 Å². The summed E-state index contributed by atoms with van der Waals surface area (Å²) < 4.78 is 25.3. The number of hydrogen-bond donors (Lipinski definition) is 3. The molecule has 2 aromatic carbocycles. The molecule has 1 fully saturated rings. The van der Waals surface area contributed by atoms with Crippen LogP contribution in [0.1, 0.15) is 19.3 Å². The van der Waals surface area contributed by atoms with E-state index < -0.39 is 5.82 Å². The number of carbonyl (C=O) groups is 1. The van der Waals surface area contributed by atoms with Gasteiger partial charge < -0.3 is 25.4 Å². The van der Waals surface area contributed by atoms with Gasteiger partial charge in [-0.15, -0.1) is 0 Å². The molecule has 0 aliphatic carbocycles. The second-order valence-corrected chi connectivity index (χ2v) is 8.11. The molecule has 10 heteroatoms. The van der Waals surface area contributed by atoms with Gasteiger partial charge in [-0.1, -0.05) is 17.7 Å². The van der Waals surface area contributed by atoms with Gasteiger partial charge in [0.1, 0.15) is 24.5 Å². The van der Waals surface area contributed by atoms with Crippen molar-refractivity contribution in [2.45, 2.75) is 25.3 Å². The van der Waals surface area contributed by atoms with E-state index >= 15 is 0 Å². The molecule has 33 heavy (non-hydrogen) atoms. The molecule has 0 saturated carbocycles. The number of nitrogens with one attached hydrogen (secondary N) is 3. The lowest BCUT2D eigenvalue weighted by Crippen LogP contribution is -2.27. The maximum Gasteiger partial charge on any atom is 0.226 e. The SMILES string of the molecule is COCCOc1cc2ncnc(Nc3cccc(Cl)c3F)c2cc1NC(=O)C[C@@H]1CCCN1. The normalized spacial score (nSPS) is 15.5. The Morgan fingerprint density at radius 2 is 2.15 bits per heavy atom. The quantitative estimate of drug-likeness (QED) is 0.399. The van der Waals surface area contributed by atoms with Crippen LogP contribution in [0.5, 0.6) is 5.75 Å². The van der Waals surface area contributed by atoms with Gasteiger partial charge in [-0.3, -0.25) is 4.79 Å². The van der Waals surface area contributed by atoms with Crippen molar-refractivity contribution in [3.63, 3.8) is 0 Å². The highest BCUT2D eigenvalue weighted by atomic mass is 35.5. The molecule has 0 radical (unpaired) electrons.